The van der Waals surface area contributed by atoms with Crippen molar-refractivity contribution in [1.82, 2.24) is 0 Å². The first kappa shape index (κ1) is 23.6. The molecular weight excluding hydrogens is 457 g/mol. The second kappa shape index (κ2) is 6.95. The summed E-state index contributed by atoms with van der Waals surface area (Å²) in [5.74, 6) is -3.04. The summed E-state index contributed by atoms with van der Waals surface area (Å²) in [4.78, 5) is 25.3. The molecule has 9 heteroatoms. The molecule has 4 fully saturated rings. The normalized spacial score (nSPS) is 51.9. The first-order valence-electron chi connectivity index (χ1n) is 11.3. The molecule has 0 aromatic rings. The Hall–Kier alpha value is -1.16. The number of fused-ring (bicyclic) bond motifs is 7. The average Bonchev–Trinajstić information content (AvgIpc) is 3.13. The van der Waals surface area contributed by atoms with E-state index in [4.69, 9.17) is 9.47 Å². The quantitative estimate of drug-likeness (QED) is 0.636. The Bertz CT molecular complexity index is 983. The van der Waals surface area contributed by atoms with Gasteiger partial charge in [0.15, 0.2) is 22.8 Å². The van der Waals surface area contributed by atoms with Crippen molar-refractivity contribution in [2.24, 2.45) is 22.7 Å². The molecule has 3 saturated carbocycles. The van der Waals surface area contributed by atoms with Crippen LogP contribution < -0.4 is 0 Å². The number of alkyl halides is 3. The topological polar surface area (TPSA) is 72.8 Å². The van der Waals surface area contributed by atoms with Gasteiger partial charge in [0.1, 0.15) is 12.2 Å². The molecule has 182 valence electrons. The summed E-state index contributed by atoms with van der Waals surface area (Å²) in [7, 11) is 0. The molecule has 5 rings (SSSR count). The summed E-state index contributed by atoms with van der Waals surface area (Å²) < 4.78 is 58.2. The Morgan fingerprint density at radius 3 is 2.61 bits per heavy atom. The van der Waals surface area contributed by atoms with Gasteiger partial charge in [-0.05, 0) is 63.7 Å². The fourth-order valence-corrected chi connectivity index (χ4v) is 8.53. The molecule has 0 aromatic heterocycles. The van der Waals surface area contributed by atoms with Crippen molar-refractivity contribution in [2.45, 2.75) is 82.4 Å². The van der Waals surface area contributed by atoms with Crippen LogP contribution in [-0.2, 0) is 19.1 Å². The van der Waals surface area contributed by atoms with E-state index in [1.165, 1.54) is 19.1 Å². The number of hydrogen-bond acceptors (Lipinski definition) is 6. The SMILES string of the molecule is CC1(C)OC2CC3C4C[C@H](F)C5=CC(=O)C=CC5(C)[C@@]4(F)C(O)CC3(C)C2(C(=O)SCF)O1. The van der Waals surface area contributed by atoms with E-state index in [1.807, 2.05) is 0 Å². The fourth-order valence-electron chi connectivity index (χ4n) is 7.81. The number of hydrogen-bond donors (Lipinski definition) is 1. The van der Waals surface area contributed by atoms with Crippen LogP contribution in [0.2, 0.25) is 0 Å². The van der Waals surface area contributed by atoms with Crippen molar-refractivity contribution in [3.63, 3.8) is 0 Å². The Balaban J connectivity index is 1.65. The van der Waals surface area contributed by atoms with Crippen LogP contribution in [0.25, 0.3) is 0 Å². The van der Waals surface area contributed by atoms with Gasteiger partial charge in [-0.25, -0.2) is 13.2 Å². The molecule has 5 aliphatic rings. The molecule has 1 aliphatic heterocycles. The van der Waals surface area contributed by atoms with Crippen LogP contribution in [0.5, 0.6) is 0 Å². The number of carbonyl (C=O) groups is 2. The summed E-state index contributed by atoms with van der Waals surface area (Å²) in [5, 5.41) is 10.8. The highest BCUT2D eigenvalue weighted by atomic mass is 32.2. The van der Waals surface area contributed by atoms with Gasteiger partial charge < -0.3 is 14.6 Å². The minimum absolute atomic E-state index is 0.0435. The Morgan fingerprint density at radius 1 is 1.24 bits per heavy atom. The summed E-state index contributed by atoms with van der Waals surface area (Å²) in [6.45, 7) is 6.61. The van der Waals surface area contributed by atoms with Crippen molar-refractivity contribution in [2.75, 3.05) is 6.01 Å². The number of allylic oxidation sites excluding steroid dienone is 4. The fraction of sp³-hybridized carbons (Fsp3) is 0.750. The van der Waals surface area contributed by atoms with E-state index in [0.717, 1.165) is 6.08 Å². The summed E-state index contributed by atoms with van der Waals surface area (Å²) in [6, 6.07) is -0.950. The number of aliphatic hydroxyl groups excluding tert-OH is 1. The Morgan fingerprint density at radius 2 is 1.94 bits per heavy atom. The largest absolute Gasteiger partial charge is 0.390 e. The molecular formula is C24H29F3O5S. The summed E-state index contributed by atoms with van der Waals surface area (Å²) in [6.07, 6.45) is -0.298. The predicted octanol–water partition coefficient (Wildman–Crippen LogP) is 3.99. The molecule has 1 N–H and O–H groups in total. The number of thioether (sulfide) groups is 1. The lowest BCUT2D eigenvalue weighted by Gasteiger charge is -2.63. The van der Waals surface area contributed by atoms with E-state index in [2.05, 4.69) is 0 Å². The molecule has 33 heavy (non-hydrogen) atoms. The lowest BCUT2D eigenvalue weighted by molar-refractivity contribution is -0.246. The molecule has 0 aromatic carbocycles. The molecule has 1 heterocycles. The highest BCUT2D eigenvalue weighted by molar-refractivity contribution is 8.13. The third-order valence-electron chi connectivity index (χ3n) is 9.11. The van der Waals surface area contributed by atoms with Gasteiger partial charge in [-0.1, -0.05) is 24.8 Å². The van der Waals surface area contributed by atoms with Gasteiger partial charge in [-0.15, -0.1) is 0 Å². The molecule has 0 bridgehead atoms. The molecule has 0 spiro atoms. The number of ketones is 1. The minimum atomic E-state index is -2.26. The molecule has 0 amide bonds. The standard InChI is InChI=1S/C24H29F3O5S/c1-20(2)31-18-9-13-14-8-16(26)15-7-12(28)5-6-21(15,3)23(14,27)17(29)10-22(13,4)24(18,32-20)19(30)33-11-25/h5-7,13-14,16-18,29H,8-11H2,1-4H3/t13?,14?,16-,17?,18?,21?,22?,23-,24?/m0/s1. The zero-order valence-electron chi connectivity index (χ0n) is 19.1. The van der Waals surface area contributed by atoms with Crippen molar-refractivity contribution in [3.8, 4) is 0 Å². The molecule has 4 aliphatic carbocycles. The van der Waals surface area contributed by atoms with Gasteiger partial charge in [0.2, 0.25) is 5.12 Å². The van der Waals surface area contributed by atoms with E-state index in [-0.39, 0.29) is 24.8 Å². The van der Waals surface area contributed by atoms with Crippen molar-refractivity contribution in [3.05, 3.63) is 23.8 Å². The highest BCUT2D eigenvalue weighted by Gasteiger charge is 2.80. The van der Waals surface area contributed by atoms with E-state index >= 15 is 8.78 Å². The van der Waals surface area contributed by atoms with E-state index in [1.54, 1.807) is 20.8 Å². The van der Waals surface area contributed by atoms with Crippen LogP contribution >= 0.6 is 11.8 Å². The maximum Gasteiger partial charge on any atom is 0.226 e. The molecule has 1 saturated heterocycles. The maximum absolute atomic E-state index is 17.2. The zero-order chi connectivity index (χ0) is 24.2. The molecule has 9 atom stereocenters. The summed E-state index contributed by atoms with van der Waals surface area (Å²) >= 11 is 0.481. The maximum atomic E-state index is 17.2. The van der Waals surface area contributed by atoms with Gasteiger partial charge in [-0.3, -0.25) is 9.59 Å². The first-order valence-corrected chi connectivity index (χ1v) is 12.3. The lowest BCUT2D eigenvalue weighted by atomic mass is 9.44. The average molecular weight is 487 g/mol. The number of halogens is 3. The summed E-state index contributed by atoms with van der Waals surface area (Å²) in [5.41, 5.74) is -6.40. The zero-order valence-corrected chi connectivity index (χ0v) is 19.9. The van der Waals surface area contributed by atoms with Crippen LogP contribution in [0.15, 0.2) is 23.8 Å². The molecule has 5 nitrogen and oxygen atoms in total. The van der Waals surface area contributed by atoms with Crippen LogP contribution in [0.4, 0.5) is 13.2 Å². The van der Waals surface area contributed by atoms with Crippen LogP contribution in [-0.4, -0.2) is 57.4 Å². The molecule has 7 unspecified atom stereocenters. The monoisotopic (exact) mass is 486 g/mol. The lowest BCUT2D eigenvalue weighted by Crippen LogP contribution is -2.70. The van der Waals surface area contributed by atoms with Crippen LogP contribution in [0.1, 0.15) is 47.0 Å². The van der Waals surface area contributed by atoms with E-state index in [9.17, 15) is 19.1 Å². The number of carbonyl (C=O) groups excluding carboxylic acids is 2. The predicted molar refractivity (Wildman–Crippen MR) is 115 cm³/mol. The smallest absolute Gasteiger partial charge is 0.226 e. The van der Waals surface area contributed by atoms with Gasteiger partial charge in [0.25, 0.3) is 0 Å². The van der Waals surface area contributed by atoms with Gasteiger partial charge in [-0.2, -0.15) is 0 Å². The van der Waals surface area contributed by atoms with Crippen molar-refractivity contribution >= 4 is 22.7 Å². The van der Waals surface area contributed by atoms with Crippen LogP contribution in [0.3, 0.4) is 0 Å². The van der Waals surface area contributed by atoms with Gasteiger partial charge in [0, 0.05) is 16.7 Å². The second-order valence-corrected chi connectivity index (χ2v) is 11.9. The second-order valence-electron chi connectivity index (χ2n) is 11.0. The van der Waals surface area contributed by atoms with Crippen molar-refractivity contribution in [1.29, 1.82) is 0 Å². The number of aliphatic hydroxyl groups is 1. The van der Waals surface area contributed by atoms with Crippen molar-refractivity contribution < 1.29 is 37.3 Å². The number of ether oxygens (including phenoxy) is 2. The van der Waals surface area contributed by atoms with Crippen LogP contribution in [0, 0.1) is 22.7 Å². The van der Waals surface area contributed by atoms with Gasteiger partial charge in [0.05, 0.1) is 12.2 Å². The minimum Gasteiger partial charge on any atom is -0.390 e. The third kappa shape index (κ3) is 2.68. The van der Waals surface area contributed by atoms with E-state index < -0.39 is 75.0 Å². The Kier molecular flexibility index (Phi) is 4.97. The van der Waals surface area contributed by atoms with Gasteiger partial charge >= 0.3 is 0 Å². The third-order valence-corrected chi connectivity index (χ3v) is 9.78. The Labute approximate surface area is 195 Å². The number of rotatable bonds is 2. The molecule has 0 radical (unpaired) electrons. The van der Waals surface area contributed by atoms with E-state index in [0.29, 0.717) is 11.8 Å². The highest BCUT2D eigenvalue weighted by Crippen LogP contribution is 2.72. The first-order chi connectivity index (χ1) is 15.3.